The van der Waals surface area contributed by atoms with Gasteiger partial charge in [0.25, 0.3) is 5.79 Å². The molecule has 1 saturated heterocycles. The molecule has 0 radical (unpaired) electrons. The lowest BCUT2D eigenvalue weighted by molar-refractivity contribution is -0.126. The van der Waals surface area contributed by atoms with Crippen LogP contribution in [0.15, 0.2) is 6.07 Å². The molecule has 1 atom stereocenters. The minimum Gasteiger partial charge on any atom is -0.465 e. The predicted molar refractivity (Wildman–Crippen MR) is 104 cm³/mol. The van der Waals surface area contributed by atoms with Crippen molar-refractivity contribution in [1.29, 1.82) is 5.26 Å². The first-order chi connectivity index (χ1) is 13.4. The summed E-state index contributed by atoms with van der Waals surface area (Å²) in [5.41, 5.74) is 1.08. The Morgan fingerprint density at radius 3 is 2.54 bits per heavy atom. The van der Waals surface area contributed by atoms with Gasteiger partial charge >= 0.3 is 5.97 Å². The molecule has 1 aromatic carbocycles. The van der Waals surface area contributed by atoms with Gasteiger partial charge in [-0.3, -0.25) is 4.90 Å². The Bertz CT molecular complexity index is 838. The van der Waals surface area contributed by atoms with E-state index >= 15 is 0 Å². The minimum atomic E-state index is -0.791. The SMILES string of the molecule is COC(=O)c1cc(Cl)c2c(c1C)OC(C)(C1CCC(N3CC(C#N)C3)CC1)O2. The molecule has 4 rings (SSSR count). The summed E-state index contributed by atoms with van der Waals surface area (Å²) in [6.45, 7) is 5.57. The highest BCUT2D eigenvalue weighted by atomic mass is 35.5. The summed E-state index contributed by atoms with van der Waals surface area (Å²) in [6, 6.07) is 4.47. The van der Waals surface area contributed by atoms with Crippen LogP contribution in [0.2, 0.25) is 5.02 Å². The molecule has 2 fully saturated rings. The summed E-state index contributed by atoms with van der Waals surface area (Å²) in [5, 5.41) is 9.33. The molecule has 0 spiro atoms. The summed E-state index contributed by atoms with van der Waals surface area (Å²) >= 11 is 6.39. The molecule has 2 heterocycles. The van der Waals surface area contributed by atoms with Crippen molar-refractivity contribution < 1.29 is 19.0 Å². The highest BCUT2D eigenvalue weighted by Gasteiger charge is 2.48. The Labute approximate surface area is 170 Å². The number of hydrogen-bond donors (Lipinski definition) is 0. The summed E-state index contributed by atoms with van der Waals surface area (Å²) in [4.78, 5) is 14.4. The second-order valence-electron chi connectivity index (χ2n) is 8.19. The van der Waals surface area contributed by atoms with Crippen molar-refractivity contribution in [2.45, 2.75) is 51.4 Å². The molecule has 0 aromatic heterocycles. The number of fused-ring (bicyclic) bond motifs is 1. The van der Waals surface area contributed by atoms with Crippen LogP contribution in [0, 0.1) is 30.1 Å². The number of halogens is 1. The summed E-state index contributed by atoms with van der Waals surface area (Å²) in [6.07, 6.45) is 4.12. The van der Waals surface area contributed by atoms with Crippen LogP contribution in [0.4, 0.5) is 0 Å². The standard InChI is InChI=1S/C21H25ClN2O4/c1-12-16(20(25)26-3)8-17(22)19-18(12)27-21(2,28-19)14-4-6-15(7-5-14)24-10-13(9-23)11-24/h8,13-15H,4-7,10-11H2,1-3H3. The third kappa shape index (κ3) is 3.11. The van der Waals surface area contributed by atoms with Crippen molar-refractivity contribution in [3.05, 3.63) is 22.2 Å². The molecule has 150 valence electrons. The number of carbonyl (C=O) groups is 1. The number of nitrogens with zero attached hydrogens (tertiary/aromatic N) is 2. The Kier molecular flexibility index (Phi) is 4.93. The number of ether oxygens (including phenoxy) is 3. The van der Waals surface area contributed by atoms with Crippen molar-refractivity contribution in [2.24, 2.45) is 11.8 Å². The lowest BCUT2D eigenvalue weighted by Crippen LogP contribution is -2.54. The number of esters is 1. The highest BCUT2D eigenvalue weighted by molar-refractivity contribution is 6.32. The van der Waals surface area contributed by atoms with Gasteiger partial charge < -0.3 is 14.2 Å². The first-order valence-electron chi connectivity index (χ1n) is 9.79. The number of likely N-dealkylation sites (tertiary alicyclic amines) is 1. The number of hydrogen-bond acceptors (Lipinski definition) is 6. The number of nitriles is 1. The Morgan fingerprint density at radius 2 is 1.93 bits per heavy atom. The van der Waals surface area contributed by atoms with Gasteiger partial charge in [-0.15, -0.1) is 0 Å². The van der Waals surface area contributed by atoms with Crippen molar-refractivity contribution in [1.82, 2.24) is 4.90 Å². The second kappa shape index (κ2) is 7.13. The Hall–Kier alpha value is -1.97. The molecule has 0 N–H and O–H groups in total. The van der Waals surface area contributed by atoms with E-state index in [1.165, 1.54) is 7.11 Å². The maximum Gasteiger partial charge on any atom is 0.338 e. The van der Waals surface area contributed by atoms with Gasteiger partial charge in [0.1, 0.15) is 0 Å². The van der Waals surface area contributed by atoms with Crippen LogP contribution in [-0.4, -0.2) is 42.9 Å². The monoisotopic (exact) mass is 404 g/mol. The van der Waals surface area contributed by atoms with Crippen LogP contribution in [0.1, 0.15) is 48.5 Å². The van der Waals surface area contributed by atoms with Crippen LogP contribution in [0.25, 0.3) is 0 Å². The molecule has 2 aliphatic heterocycles. The minimum absolute atomic E-state index is 0.195. The van der Waals surface area contributed by atoms with Crippen molar-refractivity contribution in [2.75, 3.05) is 20.2 Å². The van der Waals surface area contributed by atoms with Crippen molar-refractivity contribution in [3.8, 4) is 17.6 Å². The molecular formula is C21H25ClN2O4. The van der Waals surface area contributed by atoms with Gasteiger partial charge in [-0.1, -0.05) is 11.6 Å². The van der Waals surface area contributed by atoms with Crippen LogP contribution in [-0.2, 0) is 4.74 Å². The van der Waals surface area contributed by atoms with Crippen molar-refractivity contribution in [3.63, 3.8) is 0 Å². The molecule has 6 nitrogen and oxygen atoms in total. The quantitative estimate of drug-likeness (QED) is 0.710. The fourth-order valence-electron chi connectivity index (χ4n) is 4.69. The topological polar surface area (TPSA) is 71.8 Å². The molecular weight excluding hydrogens is 380 g/mol. The molecule has 0 amide bonds. The predicted octanol–water partition coefficient (Wildman–Crippen LogP) is 3.94. The second-order valence-corrected chi connectivity index (χ2v) is 8.59. The maximum absolute atomic E-state index is 12.0. The number of carbonyl (C=O) groups excluding carboxylic acids is 1. The zero-order valence-corrected chi connectivity index (χ0v) is 17.2. The van der Waals surface area contributed by atoms with Gasteiger partial charge in [-0.2, -0.15) is 5.26 Å². The van der Waals surface area contributed by atoms with Gasteiger partial charge in [0.15, 0.2) is 11.5 Å². The first-order valence-corrected chi connectivity index (χ1v) is 10.2. The summed E-state index contributed by atoms with van der Waals surface area (Å²) in [5.74, 6) is 0.250. The number of rotatable bonds is 3. The third-order valence-corrected chi connectivity index (χ3v) is 6.78. The average Bonchev–Trinajstić information content (AvgIpc) is 3.03. The van der Waals surface area contributed by atoms with Crippen LogP contribution >= 0.6 is 11.6 Å². The van der Waals surface area contributed by atoms with E-state index in [0.717, 1.165) is 38.8 Å². The molecule has 1 aromatic rings. The smallest absolute Gasteiger partial charge is 0.338 e. The van der Waals surface area contributed by atoms with E-state index in [1.54, 1.807) is 6.07 Å². The van der Waals surface area contributed by atoms with E-state index in [0.29, 0.717) is 33.7 Å². The average molecular weight is 405 g/mol. The van der Waals surface area contributed by atoms with E-state index in [1.807, 2.05) is 13.8 Å². The highest BCUT2D eigenvalue weighted by Crippen LogP contribution is 2.52. The molecule has 1 aliphatic carbocycles. The number of benzene rings is 1. The van der Waals surface area contributed by atoms with E-state index in [-0.39, 0.29) is 11.8 Å². The van der Waals surface area contributed by atoms with Crippen LogP contribution in [0.3, 0.4) is 0 Å². The molecule has 7 heteroatoms. The van der Waals surface area contributed by atoms with E-state index in [4.69, 9.17) is 31.1 Å². The first kappa shape index (κ1) is 19.4. The van der Waals surface area contributed by atoms with E-state index < -0.39 is 11.8 Å². The molecule has 28 heavy (non-hydrogen) atoms. The van der Waals surface area contributed by atoms with Gasteiger partial charge in [-0.25, -0.2) is 4.79 Å². The molecule has 3 aliphatic rings. The van der Waals surface area contributed by atoms with E-state index in [2.05, 4.69) is 11.0 Å². The fourth-order valence-corrected chi connectivity index (χ4v) is 4.93. The Morgan fingerprint density at radius 1 is 1.29 bits per heavy atom. The lowest BCUT2D eigenvalue weighted by Gasteiger charge is -2.45. The zero-order chi connectivity index (χ0) is 20.1. The molecule has 0 bridgehead atoms. The summed E-state index contributed by atoms with van der Waals surface area (Å²) in [7, 11) is 1.35. The van der Waals surface area contributed by atoms with Gasteiger partial charge in [0.05, 0.1) is 29.7 Å². The molecule has 1 saturated carbocycles. The van der Waals surface area contributed by atoms with Gasteiger partial charge in [0, 0.05) is 37.5 Å². The number of methoxy groups -OCH3 is 1. The van der Waals surface area contributed by atoms with Crippen molar-refractivity contribution >= 4 is 17.6 Å². The van der Waals surface area contributed by atoms with Crippen LogP contribution in [0.5, 0.6) is 11.5 Å². The maximum atomic E-state index is 12.0. The fraction of sp³-hybridized carbons (Fsp3) is 0.619. The van der Waals surface area contributed by atoms with E-state index in [9.17, 15) is 4.79 Å². The van der Waals surface area contributed by atoms with Gasteiger partial charge in [0.2, 0.25) is 0 Å². The normalized spacial score (nSPS) is 29.8. The third-order valence-electron chi connectivity index (χ3n) is 6.50. The van der Waals surface area contributed by atoms with Crippen LogP contribution < -0.4 is 9.47 Å². The lowest BCUT2D eigenvalue weighted by atomic mass is 9.79. The molecule has 1 unspecified atom stereocenters. The summed E-state index contributed by atoms with van der Waals surface area (Å²) < 4.78 is 17.3. The Balaban J connectivity index is 1.46. The van der Waals surface area contributed by atoms with Gasteiger partial charge in [-0.05, 0) is 38.7 Å². The zero-order valence-electron chi connectivity index (χ0n) is 16.5. The largest absolute Gasteiger partial charge is 0.465 e.